The molecule has 16 heavy (non-hydrogen) atoms. The largest absolute Gasteiger partial charge is 0.456 e. The lowest BCUT2D eigenvalue weighted by Gasteiger charge is -2.22. The maximum Gasteiger partial charge on any atom is 0.456 e. The molecule has 10 heteroatoms. The van der Waals surface area contributed by atoms with Gasteiger partial charge in [-0.25, -0.2) is 17.6 Å². The summed E-state index contributed by atoms with van der Waals surface area (Å²) >= 11 is 0. The quantitative estimate of drug-likeness (QED) is 0.712. The summed E-state index contributed by atoms with van der Waals surface area (Å²) in [6, 6.07) is 0. The second-order valence-electron chi connectivity index (χ2n) is 2.63. The van der Waals surface area contributed by atoms with Gasteiger partial charge in [-0.3, -0.25) is 4.79 Å². The summed E-state index contributed by atoms with van der Waals surface area (Å²) in [6.45, 7) is 0. The van der Waals surface area contributed by atoms with Gasteiger partial charge in [0.25, 0.3) is 6.43 Å². The first-order chi connectivity index (χ1) is 6.92. The van der Waals surface area contributed by atoms with Crippen LogP contribution < -0.4 is 0 Å². The van der Waals surface area contributed by atoms with Crippen molar-refractivity contribution in [2.45, 2.75) is 30.9 Å². The molecule has 0 N–H and O–H groups in total. The molecule has 0 aliphatic carbocycles. The van der Waals surface area contributed by atoms with Crippen LogP contribution in [0.15, 0.2) is 0 Å². The molecule has 0 saturated carbocycles. The van der Waals surface area contributed by atoms with Gasteiger partial charge in [0.15, 0.2) is 6.17 Å². The summed E-state index contributed by atoms with van der Waals surface area (Å²) in [5.41, 5.74) is 0. The lowest BCUT2D eigenvalue weighted by molar-refractivity contribution is -0.209. The Hall–Kier alpha value is -0.960. The van der Waals surface area contributed by atoms with Crippen molar-refractivity contribution in [1.29, 1.82) is 0 Å². The highest BCUT2D eigenvalue weighted by Crippen LogP contribution is 2.35. The molecular weight excluding hydrogens is 259 g/mol. The van der Waals surface area contributed by atoms with Crippen LogP contribution in [0.4, 0.5) is 39.5 Å². The number of carbonyl (C=O) groups excluding carboxylic acids is 1. The van der Waals surface area contributed by atoms with Crippen molar-refractivity contribution in [1.82, 2.24) is 0 Å². The average Bonchev–Trinajstić information content (AvgIpc) is 2.12. The summed E-state index contributed by atoms with van der Waals surface area (Å²) < 4.78 is 106. The van der Waals surface area contributed by atoms with Crippen LogP contribution in [0.3, 0.4) is 0 Å². The molecule has 0 aliphatic rings. The number of rotatable bonds is 4. The minimum atomic E-state index is -6.14. The van der Waals surface area contributed by atoms with Gasteiger partial charge in [-0.15, -0.1) is 0 Å². The maximum atomic E-state index is 12.3. The molecule has 2 atom stereocenters. The van der Waals surface area contributed by atoms with E-state index in [1.807, 2.05) is 0 Å². The predicted octanol–water partition coefficient (Wildman–Crippen LogP) is 2.69. The van der Waals surface area contributed by atoms with E-state index in [4.69, 9.17) is 0 Å². The number of carbonyl (C=O) groups is 1. The minimum absolute atomic E-state index is 3.91. The van der Waals surface area contributed by atoms with E-state index in [9.17, 15) is 44.3 Å². The van der Waals surface area contributed by atoms with E-state index in [0.29, 0.717) is 0 Å². The highest BCUT2D eigenvalue weighted by molar-refractivity contribution is 5.91. The summed E-state index contributed by atoms with van der Waals surface area (Å²) in [5, 5.41) is 0. The van der Waals surface area contributed by atoms with E-state index < -0.39 is 36.7 Å². The SMILES string of the molecule is O=C(C(F)(F)F)C(F)(F)C(F)C(F)C(F)F. The van der Waals surface area contributed by atoms with Gasteiger partial charge < -0.3 is 0 Å². The van der Waals surface area contributed by atoms with Gasteiger partial charge in [0.2, 0.25) is 6.17 Å². The van der Waals surface area contributed by atoms with E-state index in [-0.39, 0.29) is 0 Å². The van der Waals surface area contributed by atoms with Crippen LogP contribution in [0.5, 0.6) is 0 Å². The Morgan fingerprint density at radius 2 is 1.25 bits per heavy atom. The third kappa shape index (κ3) is 3.01. The molecule has 0 heterocycles. The van der Waals surface area contributed by atoms with E-state index >= 15 is 0 Å². The number of Topliss-reactive ketones (excluding diaryl/α,β-unsaturated/α-hetero) is 1. The van der Waals surface area contributed by atoms with Gasteiger partial charge in [0.1, 0.15) is 0 Å². The Morgan fingerprint density at radius 1 is 0.875 bits per heavy atom. The van der Waals surface area contributed by atoms with E-state index in [0.717, 1.165) is 0 Å². The van der Waals surface area contributed by atoms with E-state index in [1.54, 1.807) is 0 Å². The van der Waals surface area contributed by atoms with Gasteiger partial charge in [-0.1, -0.05) is 0 Å². The van der Waals surface area contributed by atoms with Gasteiger partial charge in [-0.05, 0) is 0 Å². The normalized spacial score (nSPS) is 17.4. The highest BCUT2D eigenvalue weighted by atomic mass is 19.4. The van der Waals surface area contributed by atoms with Crippen LogP contribution in [-0.2, 0) is 4.79 Å². The Bertz CT molecular complexity index is 257. The maximum absolute atomic E-state index is 12.3. The fourth-order valence-electron chi connectivity index (χ4n) is 0.642. The number of hydrogen-bond donors (Lipinski definition) is 0. The van der Waals surface area contributed by atoms with Crippen molar-refractivity contribution >= 4 is 5.78 Å². The second kappa shape index (κ2) is 4.50. The van der Waals surface area contributed by atoms with Crippen molar-refractivity contribution in [2.75, 3.05) is 0 Å². The Morgan fingerprint density at radius 3 is 1.50 bits per heavy atom. The van der Waals surface area contributed by atoms with Crippen molar-refractivity contribution in [3.05, 3.63) is 0 Å². The fraction of sp³-hybridized carbons (Fsp3) is 0.833. The molecule has 0 aromatic heterocycles. The van der Waals surface area contributed by atoms with Crippen LogP contribution in [0.25, 0.3) is 0 Å². The van der Waals surface area contributed by atoms with E-state index in [1.165, 1.54) is 0 Å². The molecule has 0 fully saturated rings. The first-order valence-corrected chi connectivity index (χ1v) is 3.48. The molecule has 96 valence electrons. The second-order valence-corrected chi connectivity index (χ2v) is 2.63. The summed E-state index contributed by atoms with van der Waals surface area (Å²) in [7, 11) is 0. The van der Waals surface area contributed by atoms with Gasteiger partial charge in [0.05, 0.1) is 0 Å². The summed E-state index contributed by atoms with van der Waals surface area (Å²) in [5.74, 6) is -9.79. The van der Waals surface area contributed by atoms with Gasteiger partial charge in [0, 0.05) is 0 Å². The molecule has 0 aromatic carbocycles. The number of halogens is 9. The van der Waals surface area contributed by atoms with Crippen molar-refractivity contribution in [3.63, 3.8) is 0 Å². The van der Waals surface area contributed by atoms with Crippen LogP contribution in [0.1, 0.15) is 0 Å². The third-order valence-electron chi connectivity index (χ3n) is 1.43. The standard InChI is InChI=1S/C6H3F9O/c7-1(3(9)10)2(8)5(11,12)4(16)6(13,14)15/h1-3H. The van der Waals surface area contributed by atoms with Crippen LogP contribution in [0, 0.1) is 0 Å². The molecule has 1 nitrogen and oxygen atoms in total. The molecule has 0 radical (unpaired) electrons. The molecule has 0 bridgehead atoms. The lowest BCUT2D eigenvalue weighted by atomic mass is 10.1. The van der Waals surface area contributed by atoms with E-state index in [2.05, 4.69) is 0 Å². The molecule has 0 spiro atoms. The Labute approximate surface area is 82.2 Å². The van der Waals surface area contributed by atoms with Crippen molar-refractivity contribution in [2.24, 2.45) is 0 Å². The summed E-state index contributed by atoms with van der Waals surface area (Å²) in [4.78, 5) is 9.93. The number of hydrogen-bond acceptors (Lipinski definition) is 1. The summed E-state index contributed by atoms with van der Waals surface area (Å²) in [6.07, 6.45) is -19.1. The Balaban J connectivity index is 4.99. The highest BCUT2D eigenvalue weighted by Gasteiger charge is 2.62. The zero-order chi connectivity index (χ0) is 13.3. The molecule has 0 rings (SSSR count). The first-order valence-electron chi connectivity index (χ1n) is 3.48. The molecule has 0 aromatic rings. The lowest BCUT2D eigenvalue weighted by Crippen LogP contribution is -2.51. The molecule has 0 saturated heterocycles. The van der Waals surface area contributed by atoms with Crippen LogP contribution in [0.2, 0.25) is 0 Å². The van der Waals surface area contributed by atoms with Gasteiger partial charge in [-0.2, -0.15) is 22.0 Å². The van der Waals surface area contributed by atoms with Crippen molar-refractivity contribution < 1.29 is 44.3 Å². The fourth-order valence-corrected chi connectivity index (χ4v) is 0.642. The van der Waals surface area contributed by atoms with Gasteiger partial charge >= 0.3 is 17.9 Å². The first kappa shape index (κ1) is 15.0. The number of alkyl halides is 9. The molecule has 0 amide bonds. The molecular formula is C6H3F9O. The molecule has 0 aliphatic heterocycles. The Kier molecular flexibility index (Phi) is 4.23. The van der Waals surface area contributed by atoms with Crippen LogP contribution >= 0.6 is 0 Å². The topological polar surface area (TPSA) is 17.1 Å². The predicted molar refractivity (Wildman–Crippen MR) is 31.8 cm³/mol. The van der Waals surface area contributed by atoms with Crippen LogP contribution in [-0.4, -0.2) is 36.7 Å². The van der Waals surface area contributed by atoms with Crippen molar-refractivity contribution in [3.8, 4) is 0 Å². The zero-order valence-electron chi connectivity index (χ0n) is 7.04. The minimum Gasteiger partial charge on any atom is -0.283 e. The number of ketones is 1. The smallest absolute Gasteiger partial charge is 0.283 e. The third-order valence-corrected chi connectivity index (χ3v) is 1.43. The molecule has 2 unspecified atom stereocenters. The average molecular weight is 262 g/mol. The zero-order valence-corrected chi connectivity index (χ0v) is 7.04. The monoisotopic (exact) mass is 262 g/mol.